The normalized spacial score (nSPS) is 22.7. The molecule has 0 aliphatic carbocycles. The number of Topliss-reactive ketones (excluding diaryl/α,β-unsaturated/α-hetero) is 1. The highest BCUT2D eigenvalue weighted by atomic mass is 16.3. The molecular formula is C34H34N2O3. The number of ketones is 1. The summed E-state index contributed by atoms with van der Waals surface area (Å²) in [4.78, 5) is 33.4. The number of anilines is 1. The van der Waals surface area contributed by atoms with E-state index in [1.807, 2.05) is 84.7 Å². The van der Waals surface area contributed by atoms with Crippen molar-refractivity contribution in [2.45, 2.75) is 44.7 Å². The largest absolute Gasteiger partial charge is 0.469 e. The maximum absolute atomic E-state index is 14.8. The molecule has 1 fully saturated rings. The Kier molecular flexibility index (Phi) is 6.27. The van der Waals surface area contributed by atoms with Gasteiger partial charge in [0.15, 0.2) is 5.78 Å². The lowest BCUT2D eigenvalue weighted by molar-refractivity contribution is -0.129. The quantitative estimate of drug-likeness (QED) is 0.267. The predicted octanol–water partition coefficient (Wildman–Crippen LogP) is 6.68. The molecule has 0 N–H and O–H groups in total. The Morgan fingerprint density at radius 2 is 1.69 bits per heavy atom. The van der Waals surface area contributed by atoms with Gasteiger partial charge in [0, 0.05) is 29.3 Å². The van der Waals surface area contributed by atoms with Gasteiger partial charge in [-0.3, -0.25) is 14.5 Å². The van der Waals surface area contributed by atoms with E-state index in [2.05, 4.69) is 37.8 Å². The van der Waals surface area contributed by atoms with E-state index in [4.69, 9.17) is 4.42 Å². The summed E-state index contributed by atoms with van der Waals surface area (Å²) in [5.41, 5.74) is 4.65. The predicted molar refractivity (Wildman–Crippen MR) is 153 cm³/mol. The molecule has 1 aromatic heterocycles. The van der Waals surface area contributed by atoms with Gasteiger partial charge in [-0.05, 0) is 54.8 Å². The molecule has 198 valence electrons. The third-order valence-corrected chi connectivity index (χ3v) is 8.74. The SMILES string of the molecule is Cc1ccccc1CN1C(=O)[C@]2(c3ccccc31)[C@H](C(=O)c1ccc(C(C)C)cc1)[C@H](c1ccco1)CN2C. The second kappa shape index (κ2) is 9.65. The standard InChI is InChI=1S/C34H34N2O3/c1-22(2)24-15-17-25(18-16-24)32(37)31-27(30-14-9-19-39-30)21-35(4)34(31)28-12-7-8-13-29(28)36(33(34)38)20-26-11-6-5-10-23(26)3/h5-19,22,27,31H,20-21H2,1-4H3/t27-,31-,34-/m0/s1. The van der Waals surface area contributed by atoms with Crippen molar-refractivity contribution in [1.82, 2.24) is 4.90 Å². The van der Waals surface area contributed by atoms with E-state index in [9.17, 15) is 9.59 Å². The van der Waals surface area contributed by atoms with Crippen LogP contribution in [0.4, 0.5) is 5.69 Å². The molecular weight excluding hydrogens is 484 g/mol. The minimum atomic E-state index is -1.13. The third-order valence-electron chi connectivity index (χ3n) is 8.74. The number of rotatable bonds is 6. The Morgan fingerprint density at radius 3 is 2.38 bits per heavy atom. The number of hydrogen-bond donors (Lipinski definition) is 0. The Morgan fingerprint density at radius 1 is 0.974 bits per heavy atom. The summed E-state index contributed by atoms with van der Waals surface area (Å²) < 4.78 is 5.89. The maximum Gasteiger partial charge on any atom is 0.253 e. The van der Waals surface area contributed by atoms with E-state index in [1.165, 1.54) is 5.56 Å². The second-order valence-electron chi connectivity index (χ2n) is 11.2. The van der Waals surface area contributed by atoms with Crippen molar-refractivity contribution in [2.24, 2.45) is 5.92 Å². The number of benzene rings is 3. The van der Waals surface area contributed by atoms with Gasteiger partial charge in [-0.25, -0.2) is 0 Å². The van der Waals surface area contributed by atoms with Gasteiger partial charge in [0.1, 0.15) is 11.3 Å². The first-order valence-electron chi connectivity index (χ1n) is 13.7. The zero-order valence-corrected chi connectivity index (χ0v) is 22.9. The van der Waals surface area contributed by atoms with Gasteiger partial charge in [0.25, 0.3) is 5.91 Å². The van der Waals surface area contributed by atoms with E-state index in [0.717, 1.165) is 28.1 Å². The number of amides is 1. The van der Waals surface area contributed by atoms with Crippen LogP contribution in [0.25, 0.3) is 0 Å². The minimum absolute atomic E-state index is 0.0306. The Balaban J connectivity index is 1.51. The van der Waals surface area contributed by atoms with Crippen molar-refractivity contribution in [2.75, 3.05) is 18.5 Å². The van der Waals surface area contributed by atoms with E-state index in [-0.39, 0.29) is 17.6 Å². The molecule has 3 aromatic carbocycles. The molecule has 2 aliphatic heterocycles. The Labute approximate surface area is 230 Å². The summed E-state index contributed by atoms with van der Waals surface area (Å²) in [7, 11) is 1.97. The van der Waals surface area contributed by atoms with Gasteiger partial charge in [0.05, 0.1) is 18.7 Å². The van der Waals surface area contributed by atoms with Gasteiger partial charge < -0.3 is 9.32 Å². The van der Waals surface area contributed by atoms with Gasteiger partial charge in [-0.1, -0.05) is 80.6 Å². The van der Waals surface area contributed by atoms with Crippen LogP contribution in [0.1, 0.15) is 64.1 Å². The van der Waals surface area contributed by atoms with Crippen molar-refractivity contribution in [3.8, 4) is 0 Å². The monoisotopic (exact) mass is 518 g/mol. The highest BCUT2D eigenvalue weighted by Crippen LogP contribution is 2.57. The lowest BCUT2D eigenvalue weighted by Crippen LogP contribution is -2.53. The van der Waals surface area contributed by atoms with Crippen LogP contribution in [-0.4, -0.2) is 30.2 Å². The highest BCUT2D eigenvalue weighted by Gasteiger charge is 2.66. The summed E-state index contributed by atoms with van der Waals surface area (Å²) in [6.45, 7) is 7.34. The minimum Gasteiger partial charge on any atom is -0.469 e. The molecule has 5 nitrogen and oxygen atoms in total. The van der Waals surface area contributed by atoms with Crippen molar-refractivity contribution in [3.63, 3.8) is 0 Å². The van der Waals surface area contributed by atoms with Crippen molar-refractivity contribution in [3.05, 3.63) is 125 Å². The van der Waals surface area contributed by atoms with Crippen molar-refractivity contribution < 1.29 is 14.0 Å². The Bertz CT molecular complexity index is 1520. The fraction of sp³-hybridized carbons (Fsp3) is 0.294. The highest BCUT2D eigenvalue weighted by molar-refractivity contribution is 6.13. The fourth-order valence-corrected chi connectivity index (χ4v) is 6.66. The molecule has 6 rings (SSSR count). The number of nitrogens with zero attached hydrogens (tertiary/aromatic N) is 2. The Hall–Kier alpha value is -3.96. The number of para-hydroxylation sites is 1. The van der Waals surface area contributed by atoms with E-state index >= 15 is 0 Å². The van der Waals surface area contributed by atoms with E-state index < -0.39 is 11.5 Å². The summed E-state index contributed by atoms with van der Waals surface area (Å²) in [5.74, 6) is 0.107. The van der Waals surface area contributed by atoms with E-state index in [0.29, 0.717) is 24.6 Å². The molecule has 2 aliphatic rings. The number of hydrogen-bond acceptors (Lipinski definition) is 4. The number of likely N-dealkylation sites (N-methyl/N-ethyl adjacent to an activating group) is 1. The summed E-state index contributed by atoms with van der Waals surface area (Å²) in [5, 5.41) is 0. The zero-order chi connectivity index (χ0) is 27.3. The summed E-state index contributed by atoms with van der Waals surface area (Å²) in [6, 6.07) is 27.8. The van der Waals surface area contributed by atoms with Crippen LogP contribution in [0.3, 0.4) is 0 Å². The van der Waals surface area contributed by atoms with Crippen LogP contribution in [0.2, 0.25) is 0 Å². The van der Waals surface area contributed by atoms with Gasteiger partial charge in [-0.2, -0.15) is 0 Å². The lowest BCUT2D eigenvalue weighted by atomic mass is 9.71. The molecule has 0 unspecified atom stereocenters. The van der Waals surface area contributed by atoms with Crippen molar-refractivity contribution in [1.29, 1.82) is 0 Å². The second-order valence-corrected chi connectivity index (χ2v) is 11.2. The average Bonchev–Trinajstić information content (AvgIpc) is 3.64. The summed E-state index contributed by atoms with van der Waals surface area (Å²) >= 11 is 0. The average molecular weight is 519 g/mol. The summed E-state index contributed by atoms with van der Waals surface area (Å²) in [6.07, 6.45) is 1.65. The molecule has 1 amide bonds. The van der Waals surface area contributed by atoms with Crippen LogP contribution < -0.4 is 4.90 Å². The molecule has 0 radical (unpaired) electrons. The van der Waals surface area contributed by atoms with Crippen molar-refractivity contribution >= 4 is 17.4 Å². The molecule has 1 saturated heterocycles. The first-order chi connectivity index (χ1) is 18.8. The third kappa shape index (κ3) is 3.87. The molecule has 1 spiro atoms. The maximum atomic E-state index is 14.8. The smallest absolute Gasteiger partial charge is 0.253 e. The lowest BCUT2D eigenvalue weighted by Gasteiger charge is -2.36. The molecule has 39 heavy (non-hydrogen) atoms. The number of carbonyl (C=O) groups excluding carboxylic acids is 2. The van der Waals surface area contributed by atoms with Gasteiger partial charge in [-0.15, -0.1) is 0 Å². The first-order valence-corrected chi connectivity index (χ1v) is 13.7. The van der Waals surface area contributed by atoms with Gasteiger partial charge in [0.2, 0.25) is 0 Å². The number of carbonyl (C=O) groups is 2. The first kappa shape index (κ1) is 25.3. The zero-order valence-electron chi connectivity index (χ0n) is 22.9. The van der Waals surface area contributed by atoms with Crippen LogP contribution >= 0.6 is 0 Å². The molecule has 4 aromatic rings. The molecule has 5 heteroatoms. The van der Waals surface area contributed by atoms with Crippen LogP contribution in [0.15, 0.2) is 95.6 Å². The fourth-order valence-electron chi connectivity index (χ4n) is 6.66. The van der Waals surface area contributed by atoms with Crippen LogP contribution in [0, 0.1) is 12.8 Å². The number of fused-ring (bicyclic) bond motifs is 2. The van der Waals surface area contributed by atoms with E-state index in [1.54, 1.807) is 6.26 Å². The molecule has 3 atom stereocenters. The molecule has 0 bridgehead atoms. The van der Waals surface area contributed by atoms with Gasteiger partial charge >= 0.3 is 0 Å². The molecule has 0 saturated carbocycles. The van der Waals surface area contributed by atoms with Crippen LogP contribution in [-0.2, 0) is 16.9 Å². The number of furan rings is 1. The van der Waals surface area contributed by atoms with Crippen LogP contribution in [0.5, 0.6) is 0 Å². The number of aryl methyl sites for hydroxylation is 1. The molecule has 3 heterocycles. The number of likely N-dealkylation sites (tertiary alicyclic amines) is 1. The topological polar surface area (TPSA) is 53.8 Å².